The first kappa shape index (κ1) is 21.8. The van der Waals surface area contributed by atoms with Crippen LogP contribution in [0, 0.1) is 0 Å². The molecule has 152 valence electrons. The second-order valence-corrected chi connectivity index (χ2v) is 7.68. The lowest BCUT2D eigenvalue weighted by Gasteiger charge is -2.21. The van der Waals surface area contributed by atoms with E-state index < -0.39 is 11.0 Å². The number of nitrogens with zero attached hydrogens (tertiary/aromatic N) is 3. The molecule has 6 N–H and O–H groups in total. The summed E-state index contributed by atoms with van der Waals surface area (Å²) in [5, 5.41) is 8.99. The molecule has 0 spiro atoms. The highest BCUT2D eigenvalue weighted by molar-refractivity contribution is 7.83. The lowest BCUT2D eigenvalue weighted by Crippen LogP contribution is -2.30. The van der Waals surface area contributed by atoms with Crippen LogP contribution in [0.25, 0.3) is 0 Å². The Kier molecular flexibility index (Phi) is 8.37. The summed E-state index contributed by atoms with van der Waals surface area (Å²) in [5.74, 6) is 6.23. The summed E-state index contributed by atoms with van der Waals surface area (Å²) in [6, 6.07) is 9.32. The molecule has 2 rings (SSSR count). The van der Waals surface area contributed by atoms with Crippen molar-refractivity contribution in [3.8, 4) is 0 Å². The molecule has 2 aromatic rings. The Morgan fingerprint density at radius 3 is 2.75 bits per heavy atom. The molecule has 1 heterocycles. The number of rotatable bonds is 10. The molecule has 0 amide bonds. The molecule has 28 heavy (non-hydrogen) atoms. The van der Waals surface area contributed by atoms with Gasteiger partial charge in [0, 0.05) is 23.5 Å². The monoisotopic (exact) mass is 403 g/mol. The summed E-state index contributed by atoms with van der Waals surface area (Å²) in [6.45, 7) is 4.29. The molecular formula is C19H29N7OS. The molecule has 0 aliphatic carbocycles. The van der Waals surface area contributed by atoms with Crippen LogP contribution in [0.15, 0.2) is 52.7 Å². The molecule has 0 aliphatic heterocycles. The summed E-state index contributed by atoms with van der Waals surface area (Å²) in [6.07, 6.45) is 6.34. The molecule has 0 bridgehead atoms. The number of anilines is 2. The van der Waals surface area contributed by atoms with E-state index in [4.69, 9.17) is 11.6 Å². The number of hydrogen-bond donors (Lipinski definition) is 4. The minimum absolute atomic E-state index is 0.218. The predicted octanol–water partition coefficient (Wildman–Crippen LogP) is 2.31. The second-order valence-electron chi connectivity index (χ2n) is 6.26. The lowest BCUT2D eigenvalue weighted by molar-refractivity contribution is 0.622. The molecule has 0 aliphatic rings. The van der Waals surface area contributed by atoms with Crippen molar-refractivity contribution in [1.82, 2.24) is 9.71 Å². The summed E-state index contributed by atoms with van der Waals surface area (Å²) in [4.78, 5) is 4.64. The molecule has 0 saturated carbocycles. The number of hydrazone groups is 1. The fourth-order valence-corrected chi connectivity index (χ4v) is 3.41. The van der Waals surface area contributed by atoms with Gasteiger partial charge in [0.1, 0.15) is 11.0 Å². The van der Waals surface area contributed by atoms with Crippen molar-refractivity contribution in [2.45, 2.75) is 44.0 Å². The number of nitrogens with two attached hydrogens (primary N) is 2. The number of pyridine rings is 1. The number of hydrazine groups is 1. The van der Waals surface area contributed by atoms with Crippen molar-refractivity contribution in [2.75, 3.05) is 17.5 Å². The zero-order valence-corrected chi connectivity index (χ0v) is 17.4. The van der Waals surface area contributed by atoms with Crippen molar-refractivity contribution in [3.05, 3.63) is 48.3 Å². The van der Waals surface area contributed by atoms with Crippen LogP contribution in [-0.2, 0) is 11.0 Å². The van der Waals surface area contributed by atoms with Crippen LogP contribution < -0.4 is 26.7 Å². The Morgan fingerprint density at radius 1 is 1.36 bits per heavy atom. The minimum Gasteiger partial charge on any atom is -0.382 e. The largest absolute Gasteiger partial charge is 0.382 e. The van der Waals surface area contributed by atoms with E-state index in [-0.39, 0.29) is 5.84 Å². The smallest absolute Gasteiger partial charge is 0.154 e. The van der Waals surface area contributed by atoms with Gasteiger partial charge in [-0.3, -0.25) is 4.98 Å². The van der Waals surface area contributed by atoms with E-state index in [1.54, 1.807) is 37.6 Å². The van der Waals surface area contributed by atoms with E-state index >= 15 is 0 Å². The SMILES string of the molecule is CCCC(CC)Nc1ccc(S(=O)NC)cc1/C(N)=N/N(N)c1cccnc1. The van der Waals surface area contributed by atoms with Crippen LogP contribution in [0.2, 0.25) is 0 Å². The summed E-state index contributed by atoms with van der Waals surface area (Å²) in [5.41, 5.74) is 8.37. The maximum atomic E-state index is 12.2. The van der Waals surface area contributed by atoms with Crippen LogP contribution in [0.4, 0.5) is 11.4 Å². The summed E-state index contributed by atoms with van der Waals surface area (Å²) in [7, 11) is 0.301. The van der Waals surface area contributed by atoms with E-state index in [0.717, 1.165) is 24.9 Å². The van der Waals surface area contributed by atoms with Gasteiger partial charge in [0.15, 0.2) is 5.84 Å². The van der Waals surface area contributed by atoms with Gasteiger partial charge in [-0.15, -0.1) is 5.10 Å². The summed E-state index contributed by atoms with van der Waals surface area (Å²) < 4.78 is 14.9. The Morgan fingerprint density at radius 2 is 2.14 bits per heavy atom. The van der Waals surface area contributed by atoms with Gasteiger partial charge in [-0.05, 0) is 50.2 Å². The Labute approximate surface area is 169 Å². The molecule has 9 heteroatoms. The third-order valence-corrected chi connectivity index (χ3v) is 5.33. The van der Waals surface area contributed by atoms with Crippen molar-refractivity contribution in [2.24, 2.45) is 16.7 Å². The van der Waals surface area contributed by atoms with Crippen LogP contribution in [0.5, 0.6) is 0 Å². The fraction of sp³-hybridized carbons (Fsp3) is 0.368. The molecule has 0 fully saturated rings. The first-order valence-electron chi connectivity index (χ1n) is 9.29. The van der Waals surface area contributed by atoms with Crippen molar-refractivity contribution >= 4 is 28.2 Å². The van der Waals surface area contributed by atoms with Gasteiger partial charge >= 0.3 is 0 Å². The highest BCUT2D eigenvalue weighted by Crippen LogP contribution is 2.22. The zero-order chi connectivity index (χ0) is 20.5. The van der Waals surface area contributed by atoms with Crippen molar-refractivity contribution in [3.63, 3.8) is 0 Å². The van der Waals surface area contributed by atoms with E-state index in [0.29, 0.717) is 22.2 Å². The van der Waals surface area contributed by atoms with Gasteiger partial charge in [0.25, 0.3) is 0 Å². The molecule has 2 atom stereocenters. The van der Waals surface area contributed by atoms with Crippen molar-refractivity contribution in [1.29, 1.82) is 0 Å². The van der Waals surface area contributed by atoms with Crippen LogP contribution in [-0.4, -0.2) is 28.1 Å². The molecule has 8 nitrogen and oxygen atoms in total. The number of hydrogen-bond acceptors (Lipinski definition) is 6. The quantitative estimate of drug-likeness (QED) is 0.209. The Bertz CT molecular complexity index is 813. The third kappa shape index (κ3) is 5.75. The normalized spacial score (nSPS) is 13.8. The number of amidine groups is 1. The maximum absolute atomic E-state index is 12.2. The van der Waals surface area contributed by atoms with E-state index in [1.165, 1.54) is 5.12 Å². The first-order valence-corrected chi connectivity index (χ1v) is 10.4. The molecule has 1 aromatic heterocycles. The van der Waals surface area contributed by atoms with Crippen molar-refractivity contribution < 1.29 is 4.21 Å². The minimum atomic E-state index is -1.34. The third-order valence-electron chi connectivity index (χ3n) is 4.28. The number of aromatic nitrogens is 1. The molecular weight excluding hydrogens is 374 g/mol. The van der Waals surface area contributed by atoms with Crippen LogP contribution >= 0.6 is 0 Å². The topological polar surface area (TPSA) is 122 Å². The molecule has 2 unspecified atom stereocenters. The number of nitrogens with one attached hydrogen (secondary N) is 2. The van der Waals surface area contributed by atoms with Gasteiger partial charge < -0.3 is 11.1 Å². The average Bonchev–Trinajstić information content (AvgIpc) is 2.73. The number of benzene rings is 1. The average molecular weight is 404 g/mol. The maximum Gasteiger partial charge on any atom is 0.154 e. The fourth-order valence-electron chi connectivity index (χ4n) is 2.76. The van der Waals surface area contributed by atoms with E-state index in [1.807, 2.05) is 12.1 Å². The molecule has 0 radical (unpaired) electrons. The Hall–Kier alpha value is -2.49. The van der Waals surface area contributed by atoms with E-state index in [2.05, 4.69) is 34.0 Å². The second kappa shape index (κ2) is 10.7. The van der Waals surface area contributed by atoms with Crippen LogP contribution in [0.3, 0.4) is 0 Å². The Balaban J connectivity index is 2.41. The molecule has 1 aromatic carbocycles. The first-order chi connectivity index (χ1) is 13.5. The van der Waals surface area contributed by atoms with Gasteiger partial charge in [-0.2, -0.15) is 5.12 Å². The van der Waals surface area contributed by atoms with Gasteiger partial charge in [0.2, 0.25) is 0 Å². The van der Waals surface area contributed by atoms with Gasteiger partial charge in [-0.25, -0.2) is 14.8 Å². The van der Waals surface area contributed by atoms with Gasteiger partial charge in [0.05, 0.1) is 16.8 Å². The van der Waals surface area contributed by atoms with Gasteiger partial charge in [-0.1, -0.05) is 20.3 Å². The summed E-state index contributed by atoms with van der Waals surface area (Å²) >= 11 is 0. The van der Waals surface area contributed by atoms with E-state index in [9.17, 15) is 4.21 Å². The molecule has 0 saturated heterocycles. The highest BCUT2D eigenvalue weighted by Gasteiger charge is 2.15. The van der Waals surface area contributed by atoms with Crippen LogP contribution in [0.1, 0.15) is 38.7 Å². The highest BCUT2D eigenvalue weighted by atomic mass is 32.2. The lowest BCUT2D eigenvalue weighted by atomic mass is 10.1. The zero-order valence-electron chi connectivity index (χ0n) is 16.6. The predicted molar refractivity (Wildman–Crippen MR) is 116 cm³/mol. The standard InChI is InChI=1S/C19H29N7OS/c1-4-7-14(5-2)24-18-10-9-16(28(27)22-3)12-17(18)19(20)25-26(21)15-8-6-11-23-13-15/h6,8-14,22,24H,4-5,7,21H2,1-3H3,(H2,20,25).